The molecule has 0 aromatic rings. The fourth-order valence-electron chi connectivity index (χ4n) is 3.85. The smallest absolute Gasteiger partial charge is 0.243 e. The predicted molar refractivity (Wildman–Crippen MR) is 76.7 cm³/mol. The van der Waals surface area contributed by atoms with Gasteiger partial charge in [-0.3, -0.25) is 4.79 Å². The highest BCUT2D eigenvalue weighted by molar-refractivity contribution is 5.86. The van der Waals surface area contributed by atoms with Crippen molar-refractivity contribution in [1.82, 2.24) is 5.32 Å². The van der Waals surface area contributed by atoms with Gasteiger partial charge in [0, 0.05) is 13.7 Å². The molecule has 4 unspecified atom stereocenters. The highest BCUT2D eigenvalue weighted by atomic mass is 16.5. The van der Waals surface area contributed by atoms with Crippen LogP contribution in [-0.2, 0) is 9.53 Å². The van der Waals surface area contributed by atoms with Crippen LogP contribution in [0.15, 0.2) is 24.8 Å². The first kappa shape index (κ1) is 14.3. The van der Waals surface area contributed by atoms with Gasteiger partial charge < -0.3 is 10.1 Å². The minimum atomic E-state index is -0.160. The second kappa shape index (κ2) is 6.90. The molecule has 1 amide bonds. The minimum absolute atomic E-state index is 0.160. The molecule has 2 fully saturated rings. The van der Waals surface area contributed by atoms with E-state index in [9.17, 15) is 4.79 Å². The van der Waals surface area contributed by atoms with Gasteiger partial charge in [-0.1, -0.05) is 18.7 Å². The highest BCUT2D eigenvalue weighted by Crippen LogP contribution is 2.56. The van der Waals surface area contributed by atoms with E-state index >= 15 is 0 Å². The quantitative estimate of drug-likeness (QED) is 0.481. The van der Waals surface area contributed by atoms with Gasteiger partial charge in [0.1, 0.15) is 0 Å². The molecule has 0 spiro atoms. The van der Waals surface area contributed by atoms with E-state index in [-0.39, 0.29) is 5.91 Å². The Morgan fingerprint density at radius 2 is 2.26 bits per heavy atom. The molecular formula is C16H25NO2. The summed E-state index contributed by atoms with van der Waals surface area (Å²) in [6, 6.07) is 0. The Morgan fingerprint density at radius 1 is 1.47 bits per heavy atom. The summed E-state index contributed by atoms with van der Waals surface area (Å²) in [5.41, 5.74) is 0. The van der Waals surface area contributed by atoms with Crippen molar-refractivity contribution in [3.8, 4) is 0 Å². The van der Waals surface area contributed by atoms with Crippen LogP contribution in [0.2, 0.25) is 0 Å². The molecule has 0 aromatic heterocycles. The molecule has 2 saturated carbocycles. The third kappa shape index (κ3) is 3.47. The molecule has 3 rings (SSSR count). The summed E-state index contributed by atoms with van der Waals surface area (Å²) in [6.45, 7) is 4.37. The van der Waals surface area contributed by atoms with E-state index in [0.717, 1.165) is 23.7 Å². The van der Waals surface area contributed by atoms with E-state index in [1.54, 1.807) is 20.0 Å². The monoisotopic (exact) mass is 263 g/mol. The number of hydrogen-bond donors (Lipinski definition) is 1. The number of allylic oxidation sites excluding steroid dienone is 2. The molecule has 0 radical (unpaired) electrons. The highest BCUT2D eigenvalue weighted by Gasteiger charge is 2.47. The second-order valence-electron chi connectivity index (χ2n) is 5.73. The summed E-state index contributed by atoms with van der Waals surface area (Å²) >= 11 is 0. The summed E-state index contributed by atoms with van der Waals surface area (Å²) in [4.78, 5) is 10.4. The number of hydrogen-bond acceptors (Lipinski definition) is 2. The Morgan fingerprint density at radius 3 is 2.95 bits per heavy atom. The number of ether oxygens (including phenoxy) is 1. The Kier molecular flexibility index (Phi) is 5.20. The number of carbonyl (C=O) groups excluding carboxylic acids is 1. The van der Waals surface area contributed by atoms with Gasteiger partial charge in [0.15, 0.2) is 0 Å². The maximum Gasteiger partial charge on any atom is 0.243 e. The number of rotatable bonds is 4. The zero-order chi connectivity index (χ0) is 13.7. The van der Waals surface area contributed by atoms with Gasteiger partial charge in [-0.05, 0) is 55.4 Å². The number of fused-ring (bicyclic) bond motifs is 5. The normalized spacial score (nSPS) is 33.5. The van der Waals surface area contributed by atoms with Crippen molar-refractivity contribution in [3.05, 3.63) is 24.8 Å². The molecule has 2 bridgehead atoms. The van der Waals surface area contributed by atoms with Gasteiger partial charge in [-0.25, -0.2) is 0 Å². The van der Waals surface area contributed by atoms with E-state index in [0.29, 0.717) is 13.2 Å². The van der Waals surface area contributed by atoms with Crippen LogP contribution in [0.25, 0.3) is 0 Å². The SMILES string of the molecule is C1=CC2C3CCC(C3)C2C1.C=CC(=O)NCCOC. The third-order valence-electron chi connectivity index (χ3n) is 4.72. The molecule has 3 aliphatic rings. The van der Waals surface area contributed by atoms with Crippen LogP contribution in [0, 0.1) is 23.7 Å². The molecule has 3 nitrogen and oxygen atoms in total. The van der Waals surface area contributed by atoms with Gasteiger partial charge in [-0.2, -0.15) is 0 Å². The molecule has 19 heavy (non-hydrogen) atoms. The number of methoxy groups -OCH3 is 1. The average Bonchev–Trinajstić information content (AvgIpc) is 3.12. The van der Waals surface area contributed by atoms with E-state index in [4.69, 9.17) is 0 Å². The van der Waals surface area contributed by atoms with Crippen molar-refractivity contribution in [2.24, 2.45) is 23.7 Å². The fourth-order valence-corrected chi connectivity index (χ4v) is 3.85. The first-order chi connectivity index (χ1) is 9.26. The van der Waals surface area contributed by atoms with Crippen molar-refractivity contribution in [2.45, 2.75) is 25.7 Å². The number of nitrogens with one attached hydrogen (secondary N) is 1. The zero-order valence-corrected chi connectivity index (χ0v) is 11.8. The lowest BCUT2D eigenvalue weighted by Gasteiger charge is -2.23. The Balaban J connectivity index is 0.000000142. The fraction of sp³-hybridized carbons (Fsp3) is 0.688. The van der Waals surface area contributed by atoms with Crippen molar-refractivity contribution >= 4 is 5.91 Å². The third-order valence-corrected chi connectivity index (χ3v) is 4.72. The predicted octanol–water partition coefficient (Wildman–Crippen LogP) is 2.54. The molecule has 0 aliphatic heterocycles. The Labute approximate surface area is 116 Å². The standard InChI is InChI=1S/C10H14.C6H11NO2/c1-2-9-7-4-5-8(6-7)10(9)3-1;1-3-6(8)7-4-5-9-2/h1-2,7-10H,3-6H2;3H,1,4-5H2,2H3,(H,7,8). The van der Waals surface area contributed by atoms with Crippen LogP contribution < -0.4 is 5.32 Å². The summed E-state index contributed by atoms with van der Waals surface area (Å²) in [6.07, 6.45) is 12.2. The van der Waals surface area contributed by atoms with E-state index in [1.807, 2.05) is 0 Å². The van der Waals surface area contributed by atoms with Crippen LogP contribution in [0.3, 0.4) is 0 Å². The largest absolute Gasteiger partial charge is 0.383 e. The van der Waals surface area contributed by atoms with Crippen molar-refractivity contribution in [2.75, 3.05) is 20.3 Å². The first-order valence-corrected chi connectivity index (χ1v) is 7.32. The number of amides is 1. The lowest BCUT2D eigenvalue weighted by Crippen LogP contribution is -2.24. The van der Waals surface area contributed by atoms with Gasteiger partial charge in [0.2, 0.25) is 5.91 Å². The average molecular weight is 263 g/mol. The lowest BCUT2D eigenvalue weighted by atomic mass is 9.82. The van der Waals surface area contributed by atoms with E-state index < -0.39 is 0 Å². The summed E-state index contributed by atoms with van der Waals surface area (Å²) in [7, 11) is 1.58. The van der Waals surface area contributed by atoms with Gasteiger partial charge in [0.25, 0.3) is 0 Å². The van der Waals surface area contributed by atoms with Gasteiger partial charge in [-0.15, -0.1) is 0 Å². The summed E-state index contributed by atoms with van der Waals surface area (Å²) in [5.74, 6) is 4.20. The van der Waals surface area contributed by atoms with Crippen molar-refractivity contribution < 1.29 is 9.53 Å². The zero-order valence-electron chi connectivity index (χ0n) is 11.8. The summed E-state index contributed by atoms with van der Waals surface area (Å²) in [5, 5.41) is 2.55. The van der Waals surface area contributed by atoms with Crippen LogP contribution in [0.4, 0.5) is 0 Å². The minimum Gasteiger partial charge on any atom is -0.383 e. The summed E-state index contributed by atoms with van der Waals surface area (Å²) < 4.78 is 4.69. The van der Waals surface area contributed by atoms with Crippen LogP contribution in [-0.4, -0.2) is 26.2 Å². The topological polar surface area (TPSA) is 38.3 Å². The molecule has 0 heterocycles. The van der Waals surface area contributed by atoms with Gasteiger partial charge >= 0.3 is 0 Å². The van der Waals surface area contributed by atoms with Crippen LogP contribution in [0.5, 0.6) is 0 Å². The van der Waals surface area contributed by atoms with E-state index in [1.165, 1.54) is 18.9 Å². The van der Waals surface area contributed by atoms with E-state index in [2.05, 4.69) is 28.8 Å². The molecule has 1 N–H and O–H groups in total. The van der Waals surface area contributed by atoms with Crippen molar-refractivity contribution in [1.29, 1.82) is 0 Å². The molecular weight excluding hydrogens is 238 g/mol. The lowest BCUT2D eigenvalue weighted by molar-refractivity contribution is -0.116. The molecule has 106 valence electrons. The maximum atomic E-state index is 10.4. The molecule has 3 aliphatic carbocycles. The Bertz CT molecular complexity index is 351. The first-order valence-electron chi connectivity index (χ1n) is 7.32. The molecule has 0 saturated heterocycles. The van der Waals surface area contributed by atoms with Crippen molar-refractivity contribution in [3.63, 3.8) is 0 Å². The van der Waals surface area contributed by atoms with Crippen LogP contribution in [0.1, 0.15) is 25.7 Å². The molecule has 3 heteroatoms. The van der Waals surface area contributed by atoms with Gasteiger partial charge in [0.05, 0.1) is 6.61 Å². The maximum absolute atomic E-state index is 10.4. The Hall–Kier alpha value is -1.09. The molecule has 4 atom stereocenters. The van der Waals surface area contributed by atoms with Crippen LogP contribution >= 0.6 is 0 Å². The molecule has 0 aromatic carbocycles. The second-order valence-corrected chi connectivity index (χ2v) is 5.73. The number of carbonyl (C=O) groups is 1.